The summed E-state index contributed by atoms with van der Waals surface area (Å²) in [5.74, 6) is 0. The van der Waals surface area contributed by atoms with E-state index in [0.29, 0.717) is 0 Å². The van der Waals surface area contributed by atoms with E-state index in [1.807, 2.05) is 23.5 Å². The summed E-state index contributed by atoms with van der Waals surface area (Å²) in [4.78, 5) is 4.46. The molecule has 0 aromatic carbocycles. The fourth-order valence-corrected chi connectivity index (χ4v) is 2.02. The largest absolute Gasteiger partial charge is 0.266 e. The van der Waals surface area contributed by atoms with Crippen molar-refractivity contribution in [3.05, 3.63) is 0 Å². The predicted molar refractivity (Wildman–Crippen MR) is 47.2 cm³/mol. The van der Waals surface area contributed by atoms with Crippen molar-refractivity contribution in [2.24, 2.45) is 4.99 Å². The Labute approximate surface area is 64.7 Å². The second-order valence-electron chi connectivity index (χ2n) is 2.96. The normalized spacial score (nSPS) is 19.2. The van der Waals surface area contributed by atoms with Crippen LogP contribution in [-0.4, -0.2) is 15.0 Å². The summed E-state index contributed by atoms with van der Waals surface area (Å²) in [5, 5.41) is 1.19. The van der Waals surface area contributed by atoms with Gasteiger partial charge in [0.15, 0.2) is 0 Å². The lowest BCUT2D eigenvalue weighted by Crippen LogP contribution is -2.14. The van der Waals surface area contributed by atoms with Crippen LogP contribution in [0.1, 0.15) is 20.8 Å². The molecule has 0 saturated carbocycles. The molecule has 1 heterocycles. The maximum absolute atomic E-state index is 4.46. The highest BCUT2D eigenvalue weighted by Crippen LogP contribution is 2.34. The second-order valence-corrected chi connectivity index (χ2v) is 5.51. The number of aliphatic imine (C=N–C) groups is 1. The van der Waals surface area contributed by atoms with Crippen LogP contribution in [0.4, 0.5) is 0 Å². The zero-order valence-corrected chi connectivity index (χ0v) is 7.60. The Morgan fingerprint density at radius 3 is 2.00 bits per heavy atom. The van der Waals surface area contributed by atoms with Crippen LogP contribution in [0.3, 0.4) is 0 Å². The van der Waals surface area contributed by atoms with E-state index >= 15 is 0 Å². The molecule has 0 aliphatic carbocycles. The molecule has 1 aliphatic heterocycles. The van der Waals surface area contributed by atoms with E-state index in [1.165, 1.54) is 9.46 Å². The van der Waals surface area contributed by atoms with Gasteiger partial charge in [-0.2, -0.15) is 0 Å². The molecule has 52 valence electrons. The maximum Gasteiger partial charge on any atom is 0.126 e. The van der Waals surface area contributed by atoms with Crippen LogP contribution >= 0.6 is 23.5 Å². The predicted octanol–water partition coefficient (Wildman–Crippen LogP) is 2.58. The fourth-order valence-electron chi connectivity index (χ4n) is 0.450. The van der Waals surface area contributed by atoms with Crippen molar-refractivity contribution in [3.8, 4) is 0 Å². The maximum atomic E-state index is 4.46. The molecular formula is C6H11NS2. The number of hydrogen-bond acceptors (Lipinski definition) is 3. The van der Waals surface area contributed by atoms with Crippen molar-refractivity contribution in [2.75, 3.05) is 5.08 Å². The second kappa shape index (κ2) is 2.54. The Kier molecular flexibility index (Phi) is 2.11. The van der Waals surface area contributed by atoms with Gasteiger partial charge in [-0.25, -0.2) is 0 Å². The molecule has 1 nitrogen and oxygen atoms in total. The zero-order valence-electron chi connectivity index (χ0n) is 5.97. The van der Waals surface area contributed by atoms with Crippen LogP contribution in [0.5, 0.6) is 0 Å². The quantitative estimate of drug-likeness (QED) is 0.541. The third kappa shape index (κ3) is 2.63. The summed E-state index contributed by atoms with van der Waals surface area (Å²) in [7, 11) is 0. The lowest BCUT2D eigenvalue weighted by Gasteiger charge is -2.19. The minimum Gasteiger partial charge on any atom is -0.266 e. The molecule has 1 rings (SSSR count). The molecule has 1 fully saturated rings. The number of nitrogens with zero attached hydrogens (tertiary/aromatic N) is 1. The van der Waals surface area contributed by atoms with E-state index in [1.54, 1.807) is 0 Å². The Morgan fingerprint density at radius 2 is 1.89 bits per heavy atom. The third-order valence-corrected chi connectivity index (χ3v) is 3.12. The summed E-state index contributed by atoms with van der Waals surface area (Å²) >= 11 is 3.69. The third-order valence-electron chi connectivity index (χ3n) is 0.791. The smallest absolute Gasteiger partial charge is 0.126 e. The molecule has 3 heteroatoms. The average molecular weight is 161 g/mol. The van der Waals surface area contributed by atoms with Gasteiger partial charge in [0.05, 0.1) is 10.6 Å². The summed E-state index contributed by atoms with van der Waals surface area (Å²) in [6.07, 6.45) is 0. The van der Waals surface area contributed by atoms with Crippen LogP contribution < -0.4 is 0 Å². The molecule has 1 aliphatic rings. The first-order chi connectivity index (χ1) is 4.08. The lowest BCUT2D eigenvalue weighted by molar-refractivity contribution is 0.587. The molecule has 0 aromatic heterocycles. The van der Waals surface area contributed by atoms with E-state index in [2.05, 4.69) is 25.8 Å². The van der Waals surface area contributed by atoms with E-state index in [0.717, 1.165) is 0 Å². The zero-order chi connectivity index (χ0) is 6.91. The highest BCUT2D eigenvalue weighted by atomic mass is 32.3. The van der Waals surface area contributed by atoms with Gasteiger partial charge in [0, 0.05) is 0 Å². The summed E-state index contributed by atoms with van der Waals surface area (Å²) < 4.78 is 1.25. The van der Waals surface area contributed by atoms with Crippen molar-refractivity contribution in [1.82, 2.24) is 0 Å². The van der Waals surface area contributed by atoms with Gasteiger partial charge in [-0.3, -0.25) is 4.99 Å². The Bertz CT molecular complexity index is 128. The fraction of sp³-hybridized carbons (Fsp3) is 0.833. The van der Waals surface area contributed by atoms with Crippen molar-refractivity contribution in [1.29, 1.82) is 0 Å². The van der Waals surface area contributed by atoms with Crippen molar-refractivity contribution < 1.29 is 0 Å². The van der Waals surface area contributed by atoms with Gasteiger partial charge < -0.3 is 0 Å². The lowest BCUT2D eigenvalue weighted by atomic mass is 10.1. The molecule has 0 unspecified atom stereocenters. The number of hydrogen-bond donors (Lipinski definition) is 0. The minimum atomic E-state index is 0.121. The summed E-state index contributed by atoms with van der Waals surface area (Å²) in [6, 6.07) is 0. The van der Waals surface area contributed by atoms with Crippen molar-refractivity contribution in [3.63, 3.8) is 0 Å². The van der Waals surface area contributed by atoms with Crippen LogP contribution in [0.2, 0.25) is 0 Å². The topological polar surface area (TPSA) is 12.4 Å². The van der Waals surface area contributed by atoms with Gasteiger partial charge in [0.25, 0.3) is 0 Å². The number of thioether (sulfide) groups is 2. The average Bonchev–Trinajstić information content (AvgIpc) is 1.53. The molecular weight excluding hydrogens is 150 g/mol. The summed E-state index contributed by atoms with van der Waals surface area (Å²) in [6.45, 7) is 6.37. The van der Waals surface area contributed by atoms with E-state index in [-0.39, 0.29) is 5.54 Å². The van der Waals surface area contributed by atoms with Gasteiger partial charge in [-0.1, -0.05) is 23.5 Å². The first-order valence-corrected chi connectivity index (χ1v) is 4.90. The minimum absolute atomic E-state index is 0.121. The molecule has 0 spiro atoms. The molecule has 1 saturated heterocycles. The molecule has 0 N–H and O–H groups in total. The molecule has 9 heavy (non-hydrogen) atoms. The standard InChI is InChI=1S/C6H11NS2/c1-6(2,3)7-5-8-4-9-5/h4H2,1-3H3. The molecule has 0 radical (unpaired) electrons. The van der Waals surface area contributed by atoms with Crippen LogP contribution in [0.25, 0.3) is 0 Å². The van der Waals surface area contributed by atoms with E-state index < -0.39 is 0 Å². The van der Waals surface area contributed by atoms with Crippen LogP contribution in [-0.2, 0) is 0 Å². The van der Waals surface area contributed by atoms with Crippen molar-refractivity contribution >= 4 is 27.9 Å². The Balaban J connectivity index is 2.46. The molecule has 0 aromatic rings. The van der Waals surface area contributed by atoms with Gasteiger partial charge >= 0.3 is 0 Å². The number of rotatable bonds is 0. The highest BCUT2D eigenvalue weighted by Gasteiger charge is 2.16. The van der Waals surface area contributed by atoms with Crippen LogP contribution in [0, 0.1) is 0 Å². The van der Waals surface area contributed by atoms with Gasteiger partial charge in [-0.15, -0.1) is 0 Å². The monoisotopic (exact) mass is 161 g/mol. The molecule has 0 atom stereocenters. The Morgan fingerprint density at radius 1 is 1.33 bits per heavy atom. The Hall–Kier alpha value is 0.370. The van der Waals surface area contributed by atoms with Gasteiger partial charge in [0.2, 0.25) is 0 Å². The molecule has 0 bridgehead atoms. The SMILES string of the molecule is CC(C)(C)N=C1SCS1. The summed E-state index contributed by atoms with van der Waals surface area (Å²) in [5.41, 5.74) is 0.121. The van der Waals surface area contributed by atoms with Crippen LogP contribution in [0.15, 0.2) is 4.99 Å². The van der Waals surface area contributed by atoms with Gasteiger partial charge in [-0.05, 0) is 20.8 Å². The van der Waals surface area contributed by atoms with Crippen molar-refractivity contribution in [2.45, 2.75) is 26.3 Å². The van der Waals surface area contributed by atoms with E-state index in [9.17, 15) is 0 Å². The first-order valence-electron chi connectivity index (χ1n) is 2.93. The molecule has 0 amide bonds. The van der Waals surface area contributed by atoms with Gasteiger partial charge in [0.1, 0.15) is 4.38 Å². The highest BCUT2D eigenvalue weighted by molar-refractivity contribution is 8.52. The first kappa shape index (κ1) is 7.48. The van der Waals surface area contributed by atoms with E-state index in [4.69, 9.17) is 0 Å².